The number of anilines is 3. The fourth-order valence-electron chi connectivity index (χ4n) is 4.20. The molecule has 4 rings (SSSR count). The number of amides is 2. The van der Waals surface area contributed by atoms with Gasteiger partial charge in [-0.2, -0.15) is 0 Å². The fourth-order valence-corrected chi connectivity index (χ4v) is 4.95. The van der Waals surface area contributed by atoms with Crippen molar-refractivity contribution in [1.82, 2.24) is 5.32 Å². The van der Waals surface area contributed by atoms with E-state index in [2.05, 4.69) is 16.0 Å². The maximum atomic E-state index is 13.4. The van der Waals surface area contributed by atoms with E-state index < -0.39 is 6.04 Å². The van der Waals surface area contributed by atoms with Crippen molar-refractivity contribution in [2.24, 2.45) is 4.99 Å². The Balaban J connectivity index is 1.55. The molecular formula is C30H33N5O2S. The summed E-state index contributed by atoms with van der Waals surface area (Å²) in [5.41, 5.74) is 6.87. The van der Waals surface area contributed by atoms with Crippen LogP contribution in [0.25, 0.3) is 0 Å². The third kappa shape index (κ3) is 6.63. The van der Waals surface area contributed by atoms with Crippen molar-refractivity contribution in [2.45, 2.75) is 26.8 Å². The zero-order chi connectivity index (χ0) is 27.2. The zero-order valence-corrected chi connectivity index (χ0v) is 23.1. The summed E-state index contributed by atoms with van der Waals surface area (Å²) in [5, 5.41) is 9.80. The van der Waals surface area contributed by atoms with E-state index in [4.69, 9.17) is 4.99 Å². The Morgan fingerprint density at radius 3 is 2.32 bits per heavy atom. The second-order valence-corrected chi connectivity index (χ2v) is 10.4. The quantitative estimate of drug-likeness (QED) is 0.370. The molecule has 0 aliphatic carbocycles. The number of nitrogens with one attached hydrogen (secondary N) is 3. The molecule has 7 nitrogen and oxygen atoms in total. The molecule has 8 heteroatoms. The van der Waals surface area contributed by atoms with E-state index in [0.717, 1.165) is 28.1 Å². The number of benzene rings is 3. The second-order valence-electron chi connectivity index (χ2n) is 9.46. The first-order valence-electron chi connectivity index (χ1n) is 12.4. The smallest absolute Gasteiger partial charge is 0.255 e. The summed E-state index contributed by atoms with van der Waals surface area (Å²) in [7, 11) is 3.97. The van der Waals surface area contributed by atoms with Crippen molar-refractivity contribution < 1.29 is 9.59 Å². The predicted molar refractivity (Wildman–Crippen MR) is 159 cm³/mol. The first-order valence-corrected chi connectivity index (χ1v) is 13.4. The monoisotopic (exact) mass is 527 g/mol. The molecule has 0 unspecified atom stereocenters. The van der Waals surface area contributed by atoms with Crippen LogP contribution in [-0.2, 0) is 9.59 Å². The van der Waals surface area contributed by atoms with Gasteiger partial charge in [-0.3, -0.25) is 9.59 Å². The number of aryl methyl sites for hydroxylation is 2. The number of carbonyl (C=O) groups is 2. The number of allylic oxidation sites excluding steroid dienone is 1. The minimum absolute atomic E-state index is 0.118. The number of hydrogen-bond donors (Lipinski definition) is 3. The Bertz CT molecular complexity index is 1380. The molecule has 3 N–H and O–H groups in total. The van der Waals surface area contributed by atoms with Crippen LogP contribution < -0.4 is 20.9 Å². The van der Waals surface area contributed by atoms with E-state index >= 15 is 0 Å². The average Bonchev–Trinajstić information content (AvgIpc) is 2.89. The van der Waals surface area contributed by atoms with Crippen LogP contribution in [0.15, 0.2) is 89.1 Å². The number of aliphatic imine (C=N–C) groups is 1. The topological polar surface area (TPSA) is 85.8 Å². The van der Waals surface area contributed by atoms with Gasteiger partial charge in [0.05, 0.1) is 11.3 Å². The van der Waals surface area contributed by atoms with Crippen molar-refractivity contribution >= 4 is 45.8 Å². The highest BCUT2D eigenvalue weighted by Gasteiger charge is 2.30. The molecule has 2 amide bonds. The van der Waals surface area contributed by atoms with Gasteiger partial charge in [-0.05, 0) is 62.2 Å². The first kappa shape index (κ1) is 27.0. The minimum Gasteiger partial charge on any atom is -0.378 e. The van der Waals surface area contributed by atoms with Crippen LogP contribution in [0, 0.1) is 13.8 Å². The number of nitrogens with zero attached hydrogens (tertiary/aromatic N) is 2. The van der Waals surface area contributed by atoms with E-state index in [1.54, 1.807) is 0 Å². The van der Waals surface area contributed by atoms with Gasteiger partial charge in [-0.1, -0.05) is 59.8 Å². The summed E-state index contributed by atoms with van der Waals surface area (Å²) in [6.07, 6.45) is 0. The van der Waals surface area contributed by atoms with Gasteiger partial charge in [0.15, 0.2) is 5.17 Å². The molecule has 196 valence electrons. The highest BCUT2D eigenvalue weighted by atomic mass is 32.2. The molecule has 0 radical (unpaired) electrons. The molecule has 3 aromatic carbocycles. The molecule has 1 heterocycles. The van der Waals surface area contributed by atoms with Crippen LogP contribution >= 0.6 is 11.8 Å². The Morgan fingerprint density at radius 1 is 0.947 bits per heavy atom. The number of rotatable bonds is 7. The fraction of sp³-hybridized carbons (Fsp3) is 0.233. The molecule has 0 fully saturated rings. The van der Waals surface area contributed by atoms with E-state index in [0.29, 0.717) is 22.1 Å². The highest BCUT2D eigenvalue weighted by molar-refractivity contribution is 8.14. The van der Waals surface area contributed by atoms with E-state index in [1.165, 1.54) is 11.8 Å². The minimum atomic E-state index is -0.513. The maximum Gasteiger partial charge on any atom is 0.255 e. The largest absolute Gasteiger partial charge is 0.378 e. The molecule has 1 aliphatic heterocycles. The number of thioether (sulfide) groups is 1. The summed E-state index contributed by atoms with van der Waals surface area (Å²) in [6.45, 7) is 5.87. The van der Waals surface area contributed by atoms with Crippen molar-refractivity contribution in [3.05, 3.63) is 101 Å². The number of para-hydroxylation sites is 1. The number of hydrogen-bond acceptors (Lipinski definition) is 6. The van der Waals surface area contributed by atoms with E-state index in [-0.39, 0.29) is 17.6 Å². The van der Waals surface area contributed by atoms with Crippen molar-refractivity contribution in [1.29, 1.82) is 0 Å². The van der Waals surface area contributed by atoms with Crippen LogP contribution in [0.4, 0.5) is 17.1 Å². The molecular weight excluding hydrogens is 494 g/mol. The number of carbonyl (C=O) groups excluding carboxylic acids is 2. The lowest BCUT2D eigenvalue weighted by Gasteiger charge is -2.26. The summed E-state index contributed by atoms with van der Waals surface area (Å²) < 4.78 is 0. The van der Waals surface area contributed by atoms with Crippen LogP contribution in [0.1, 0.15) is 29.7 Å². The van der Waals surface area contributed by atoms with Crippen LogP contribution in [0.2, 0.25) is 0 Å². The Morgan fingerprint density at radius 2 is 1.66 bits per heavy atom. The first-order chi connectivity index (χ1) is 18.2. The predicted octanol–water partition coefficient (Wildman–Crippen LogP) is 5.65. The van der Waals surface area contributed by atoms with E-state index in [1.807, 2.05) is 113 Å². The molecule has 38 heavy (non-hydrogen) atoms. The standard InChI is InChI=1S/C30H33N5O2S/c1-19-11-16-25(20(2)17-19)33-26(36)18-38-30-31-21(3)27(29(37)32-23-9-7-6-8-10-23)28(34-30)22-12-14-24(15-13-22)35(4)5/h6-17,28H,18H2,1-5H3,(H,31,34)(H,32,37)(H,33,36)/t28-/m0/s1. The number of amidine groups is 1. The SMILES string of the molecule is CC1=C(C(=O)Nc2ccccc2)[C@H](c2ccc(N(C)C)cc2)N=C(SCC(=O)Nc2ccc(C)cc2C)N1. The van der Waals surface area contributed by atoms with Gasteiger partial charge < -0.3 is 20.9 Å². The van der Waals surface area contributed by atoms with Gasteiger partial charge in [-0.25, -0.2) is 4.99 Å². The lowest BCUT2D eigenvalue weighted by atomic mass is 9.95. The van der Waals surface area contributed by atoms with Crippen LogP contribution in [0.5, 0.6) is 0 Å². The van der Waals surface area contributed by atoms with Gasteiger partial charge in [0.1, 0.15) is 6.04 Å². The molecule has 0 aromatic heterocycles. The van der Waals surface area contributed by atoms with Gasteiger partial charge in [0.25, 0.3) is 5.91 Å². The lowest BCUT2D eigenvalue weighted by molar-refractivity contribution is -0.114. The van der Waals surface area contributed by atoms with Crippen LogP contribution in [-0.4, -0.2) is 36.8 Å². The summed E-state index contributed by atoms with van der Waals surface area (Å²) in [5.74, 6) is -0.152. The molecule has 3 aromatic rings. The third-order valence-electron chi connectivity index (χ3n) is 6.22. The van der Waals surface area contributed by atoms with Crippen molar-refractivity contribution in [3.63, 3.8) is 0 Å². The van der Waals surface area contributed by atoms with Crippen molar-refractivity contribution in [3.8, 4) is 0 Å². The van der Waals surface area contributed by atoms with E-state index in [9.17, 15) is 9.59 Å². The second kappa shape index (κ2) is 12.0. The molecule has 0 bridgehead atoms. The molecule has 0 spiro atoms. The van der Waals surface area contributed by atoms with Crippen LogP contribution in [0.3, 0.4) is 0 Å². The maximum absolute atomic E-state index is 13.4. The molecule has 1 aliphatic rings. The Hall–Kier alpha value is -4.04. The van der Waals surface area contributed by atoms with Gasteiger partial charge in [-0.15, -0.1) is 0 Å². The van der Waals surface area contributed by atoms with Gasteiger partial charge >= 0.3 is 0 Å². The summed E-state index contributed by atoms with van der Waals surface area (Å²) in [6, 6.07) is 22.8. The summed E-state index contributed by atoms with van der Waals surface area (Å²) in [4.78, 5) is 33.0. The van der Waals surface area contributed by atoms with Crippen molar-refractivity contribution in [2.75, 3.05) is 35.4 Å². The molecule has 0 saturated heterocycles. The lowest BCUT2D eigenvalue weighted by Crippen LogP contribution is -2.32. The normalized spacial score (nSPS) is 14.9. The summed E-state index contributed by atoms with van der Waals surface area (Å²) >= 11 is 1.31. The molecule has 0 saturated carbocycles. The average molecular weight is 528 g/mol. The Kier molecular flexibility index (Phi) is 8.53. The highest BCUT2D eigenvalue weighted by Crippen LogP contribution is 2.34. The Labute approximate surface area is 228 Å². The molecule has 1 atom stereocenters. The third-order valence-corrected chi connectivity index (χ3v) is 7.10. The zero-order valence-electron chi connectivity index (χ0n) is 22.3. The van der Waals surface area contributed by atoms with Gasteiger partial charge in [0, 0.05) is 36.9 Å². The van der Waals surface area contributed by atoms with Gasteiger partial charge in [0.2, 0.25) is 5.91 Å².